The Morgan fingerprint density at radius 3 is 2.53 bits per heavy atom. The van der Waals surface area contributed by atoms with Crippen LogP contribution in [0.3, 0.4) is 0 Å². The van der Waals surface area contributed by atoms with E-state index in [0.717, 1.165) is 11.4 Å². The van der Waals surface area contributed by atoms with Crippen LogP contribution in [0.4, 0.5) is 0 Å². The molecule has 0 aromatic carbocycles. The molecule has 0 fully saturated rings. The lowest BCUT2D eigenvalue weighted by Crippen LogP contribution is -1.77. The van der Waals surface area contributed by atoms with E-state index in [4.69, 9.17) is 20.7 Å². The standard InChI is InChI=1S/C9H7ClN2O.Cl2OS/c10-6-7-5-9(13-12-7)8-3-1-2-4-11-8;1-4(2)3/h1-5H,6H2;. The van der Waals surface area contributed by atoms with Crippen LogP contribution in [0.5, 0.6) is 0 Å². The first-order valence-corrected chi connectivity index (χ1v) is 7.64. The Kier molecular flexibility index (Phi) is 6.69. The van der Waals surface area contributed by atoms with Crippen LogP contribution in [0.15, 0.2) is 35.0 Å². The number of hydrogen-bond acceptors (Lipinski definition) is 4. The Labute approximate surface area is 115 Å². The zero-order valence-corrected chi connectivity index (χ0v) is 11.4. The van der Waals surface area contributed by atoms with Crippen LogP contribution in [0.1, 0.15) is 5.69 Å². The molecule has 0 aliphatic carbocycles. The van der Waals surface area contributed by atoms with Crippen molar-refractivity contribution in [1.29, 1.82) is 0 Å². The van der Waals surface area contributed by atoms with E-state index in [1.54, 1.807) is 12.3 Å². The zero-order valence-electron chi connectivity index (χ0n) is 8.35. The number of nitrogens with zero attached hydrogens (tertiary/aromatic N) is 2. The predicted octanol–water partition coefficient (Wildman–Crippen LogP) is 3.52. The van der Waals surface area contributed by atoms with Crippen molar-refractivity contribution >= 4 is 42.6 Å². The number of pyridine rings is 1. The van der Waals surface area contributed by atoms with Crippen molar-refractivity contribution < 1.29 is 9.08 Å². The number of aromatic nitrogens is 2. The number of rotatable bonds is 2. The molecule has 0 amide bonds. The minimum absolute atomic E-state index is 0.357. The van der Waals surface area contributed by atoms with Crippen molar-refractivity contribution in [2.75, 3.05) is 0 Å². The van der Waals surface area contributed by atoms with Gasteiger partial charge in [0.15, 0.2) is 36.7 Å². The number of alkyl halides is 1. The SMILES string of the molecule is ClCc1cc(-c2ccccn2)on1.[O-][S+](Cl)Cl. The van der Waals surface area contributed by atoms with Gasteiger partial charge in [-0.15, -0.1) is 11.6 Å². The van der Waals surface area contributed by atoms with Gasteiger partial charge >= 0.3 is 0 Å². The smallest absolute Gasteiger partial charge is 0.198 e. The van der Waals surface area contributed by atoms with E-state index in [9.17, 15) is 0 Å². The third-order valence-electron chi connectivity index (χ3n) is 1.61. The van der Waals surface area contributed by atoms with Crippen LogP contribution in [0, 0.1) is 0 Å². The highest BCUT2D eigenvalue weighted by molar-refractivity contribution is 8.31. The molecule has 0 aliphatic rings. The highest BCUT2D eigenvalue weighted by Gasteiger charge is 2.05. The Hall–Kier alpha value is -0.460. The maximum atomic E-state index is 9.09. The fraction of sp³-hybridized carbons (Fsp3) is 0.111. The first-order chi connectivity index (χ1) is 8.13. The maximum absolute atomic E-state index is 9.09. The third-order valence-corrected chi connectivity index (χ3v) is 1.89. The lowest BCUT2D eigenvalue weighted by Gasteiger charge is -1.90. The van der Waals surface area contributed by atoms with Gasteiger partial charge in [-0.2, -0.15) is 0 Å². The summed E-state index contributed by atoms with van der Waals surface area (Å²) in [6.45, 7) is 0. The lowest BCUT2D eigenvalue weighted by atomic mass is 10.3. The topological polar surface area (TPSA) is 62.0 Å². The van der Waals surface area contributed by atoms with Crippen molar-refractivity contribution in [3.63, 3.8) is 0 Å². The molecule has 0 unspecified atom stereocenters. The summed E-state index contributed by atoms with van der Waals surface area (Å²) >= 11 is 5.58. The van der Waals surface area contributed by atoms with Crippen molar-refractivity contribution in [3.05, 3.63) is 36.2 Å². The van der Waals surface area contributed by atoms with Crippen LogP contribution < -0.4 is 0 Å². The summed E-state index contributed by atoms with van der Waals surface area (Å²) in [7, 11) is 7.36. The summed E-state index contributed by atoms with van der Waals surface area (Å²) < 4.78 is 14.1. The quantitative estimate of drug-likeness (QED) is 0.628. The monoisotopic (exact) mass is 312 g/mol. The van der Waals surface area contributed by atoms with Crippen molar-refractivity contribution in [3.8, 4) is 11.5 Å². The first-order valence-electron chi connectivity index (χ1n) is 4.30. The molecule has 0 saturated heterocycles. The molecule has 8 heteroatoms. The number of halogens is 3. The predicted molar refractivity (Wildman–Crippen MR) is 69.1 cm³/mol. The Bertz CT molecular complexity index is 436. The van der Waals surface area contributed by atoms with Crippen LogP contribution in [-0.2, 0) is 15.5 Å². The zero-order chi connectivity index (χ0) is 12.7. The van der Waals surface area contributed by atoms with Gasteiger partial charge in [0.1, 0.15) is 5.69 Å². The Morgan fingerprint density at radius 2 is 2.06 bits per heavy atom. The molecule has 0 atom stereocenters. The lowest BCUT2D eigenvalue weighted by molar-refractivity contribution is 0.425. The summed E-state index contributed by atoms with van der Waals surface area (Å²) in [5.41, 5.74) is 1.49. The van der Waals surface area contributed by atoms with Gasteiger partial charge in [-0.25, -0.2) is 0 Å². The van der Waals surface area contributed by atoms with Gasteiger partial charge in [-0.3, -0.25) is 4.98 Å². The molecule has 2 rings (SSSR count). The van der Waals surface area contributed by atoms with Crippen LogP contribution in [0.25, 0.3) is 11.5 Å². The molecule has 0 aliphatic heterocycles. The second-order valence-electron chi connectivity index (χ2n) is 2.72. The summed E-state index contributed by atoms with van der Waals surface area (Å²) in [5, 5.41) is 3.76. The van der Waals surface area contributed by atoms with Crippen LogP contribution >= 0.6 is 33.0 Å². The molecule has 2 heterocycles. The van der Waals surface area contributed by atoms with Crippen molar-refractivity contribution in [2.45, 2.75) is 5.88 Å². The Morgan fingerprint density at radius 1 is 1.35 bits per heavy atom. The summed E-state index contributed by atoms with van der Waals surface area (Å²) in [6, 6.07) is 7.39. The molecular formula is C9H7Cl3N2O2S. The molecule has 17 heavy (non-hydrogen) atoms. The van der Waals surface area contributed by atoms with Gasteiger partial charge in [0.05, 0.1) is 11.6 Å². The normalized spacial score (nSPS) is 9.94. The van der Waals surface area contributed by atoms with Crippen LogP contribution in [-0.4, -0.2) is 14.7 Å². The average molecular weight is 314 g/mol. The van der Waals surface area contributed by atoms with Crippen molar-refractivity contribution in [2.24, 2.45) is 0 Å². The molecule has 2 aromatic rings. The van der Waals surface area contributed by atoms with Crippen LogP contribution in [0.2, 0.25) is 0 Å². The van der Waals surface area contributed by atoms with Gasteiger partial charge in [0, 0.05) is 12.3 Å². The molecule has 0 spiro atoms. The fourth-order valence-corrected chi connectivity index (χ4v) is 1.13. The maximum Gasteiger partial charge on any atom is 0.198 e. The van der Waals surface area contributed by atoms with E-state index in [1.165, 1.54) is 0 Å². The fourth-order valence-electron chi connectivity index (χ4n) is 1.00. The summed E-state index contributed by atoms with van der Waals surface area (Å²) in [4.78, 5) is 4.12. The Balaban J connectivity index is 0.000000317. The van der Waals surface area contributed by atoms with E-state index in [0.29, 0.717) is 11.6 Å². The molecular weight excluding hydrogens is 307 g/mol. The third kappa shape index (κ3) is 5.61. The minimum Gasteiger partial charge on any atom is -0.582 e. The second-order valence-corrected chi connectivity index (χ2v) is 5.51. The molecule has 0 saturated carbocycles. The highest BCUT2D eigenvalue weighted by atomic mass is 36.0. The van der Waals surface area contributed by atoms with E-state index >= 15 is 0 Å². The average Bonchev–Trinajstić information content (AvgIpc) is 2.78. The molecule has 2 aromatic heterocycles. The molecule has 4 nitrogen and oxygen atoms in total. The van der Waals surface area contributed by atoms with E-state index < -0.39 is 9.60 Å². The van der Waals surface area contributed by atoms with Gasteiger partial charge < -0.3 is 9.08 Å². The molecule has 0 bridgehead atoms. The second kappa shape index (κ2) is 7.79. The van der Waals surface area contributed by atoms with E-state index in [2.05, 4.69) is 31.5 Å². The first kappa shape index (κ1) is 14.6. The summed E-state index contributed by atoms with van der Waals surface area (Å²) in [5.74, 6) is 1.01. The summed E-state index contributed by atoms with van der Waals surface area (Å²) in [6.07, 6.45) is 1.71. The van der Waals surface area contributed by atoms with Gasteiger partial charge in [-0.1, -0.05) is 11.2 Å². The molecule has 92 valence electrons. The van der Waals surface area contributed by atoms with E-state index in [1.807, 2.05) is 18.2 Å². The van der Waals surface area contributed by atoms with Gasteiger partial charge in [-0.05, 0) is 12.1 Å². The van der Waals surface area contributed by atoms with Gasteiger partial charge in [0.2, 0.25) is 0 Å². The minimum atomic E-state index is -1.67. The largest absolute Gasteiger partial charge is 0.582 e. The molecule has 0 radical (unpaired) electrons. The highest BCUT2D eigenvalue weighted by Crippen LogP contribution is 2.17. The van der Waals surface area contributed by atoms with E-state index in [-0.39, 0.29) is 0 Å². The van der Waals surface area contributed by atoms with Crippen molar-refractivity contribution in [1.82, 2.24) is 10.1 Å². The van der Waals surface area contributed by atoms with Gasteiger partial charge in [0.25, 0.3) is 0 Å². The number of hydrogen-bond donors (Lipinski definition) is 0. The molecule has 0 N–H and O–H groups in total.